The van der Waals surface area contributed by atoms with Crippen LogP contribution in [0.15, 0.2) is 0 Å². The monoisotopic (exact) mass is 287 g/mol. The summed E-state index contributed by atoms with van der Waals surface area (Å²) in [6, 6.07) is 0. The fraction of sp³-hybridized carbons (Fsp3) is 0.857. The highest BCUT2D eigenvalue weighted by atomic mass is 32.2. The molecule has 16 heavy (non-hydrogen) atoms. The van der Waals surface area contributed by atoms with Crippen LogP contribution < -0.4 is 16.0 Å². The third-order valence-electron chi connectivity index (χ3n) is 1.59. The lowest BCUT2D eigenvalue weighted by Gasteiger charge is -2.11. The number of rotatable bonds is 3. The summed E-state index contributed by atoms with van der Waals surface area (Å²) in [4.78, 5) is 0. The molecular formula is C7H17N3O3S3. The van der Waals surface area contributed by atoms with Gasteiger partial charge in [-0.25, -0.2) is 0 Å². The molecule has 0 bridgehead atoms. The highest BCUT2D eigenvalue weighted by molar-refractivity contribution is 8.11. The number of thiocarbonyl (C=S) groups is 1. The maximum absolute atomic E-state index is 10.1. The second-order valence-corrected chi connectivity index (χ2v) is 5.75. The molecule has 0 saturated carbocycles. The lowest BCUT2D eigenvalue weighted by Crippen LogP contribution is -2.39. The van der Waals surface area contributed by atoms with Crippen LogP contribution in [0.25, 0.3) is 0 Å². The molecular weight excluding hydrogens is 270 g/mol. The first kappa shape index (κ1) is 16.1. The lowest BCUT2D eigenvalue weighted by atomic mass is 10.4. The van der Waals surface area contributed by atoms with Crippen LogP contribution in [0.3, 0.4) is 0 Å². The molecule has 0 atom stereocenters. The molecule has 0 aromatic heterocycles. The van der Waals surface area contributed by atoms with Crippen LogP contribution in [-0.2, 0) is 10.1 Å². The van der Waals surface area contributed by atoms with E-state index in [4.69, 9.17) is 4.55 Å². The molecule has 9 heteroatoms. The number of piperazine rings is 1. The second kappa shape index (κ2) is 9.14. The summed E-state index contributed by atoms with van der Waals surface area (Å²) in [7, 11) is -3.88. The molecule has 1 aliphatic rings. The first-order chi connectivity index (χ1) is 7.42. The van der Waals surface area contributed by atoms with Gasteiger partial charge in [-0.2, -0.15) is 8.42 Å². The molecule has 1 fully saturated rings. The van der Waals surface area contributed by atoms with E-state index in [1.54, 1.807) is 0 Å². The Labute approximate surface area is 107 Å². The van der Waals surface area contributed by atoms with Crippen molar-refractivity contribution in [3.63, 3.8) is 0 Å². The summed E-state index contributed by atoms with van der Waals surface area (Å²) in [6.07, 6.45) is 0. The molecule has 0 amide bonds. The van der Waals surface area contributed by atoms with Crippen molar-refractivity contribution >= 4 is 39.3 Å². The normalized spacial score (nSPS) is 15.9. The molecule has 1 rings (SSSR count). The van der Waals surface area contributed by atoms with Crippen LogP contribution in [-0.4, -0.2) is 55.8 Å². The molecule has 0 aromatic rings. The summed E-state index contributed by atoms with van der Waals surface area (Å²) >= 11 is 8.13. The quantitative estimate of drug-likeness (QED) is 0.255. The fourth-order valence-corrected chi connectivity index (χ4v) is 1.46. The Morgan fingerprint density at radius 3 is 2.00 bits per heavy atom. The Balaban J connectivity index is 0.000000315. The number of nitrogens with one attached hydrogen (secondary N) is 3. The highest BCUT2D eigenvalue weighted by Gasteiger charge is 2.02. The molecule has 1 aliphatic heterocycles. The largest absolute Gasteiger partial charge is 0.370 e. The molecule has 0 aliphatic carbocycles. The molecule has 0 unspecified atom stereocenters. The zero-order valence-electron chi connectivity index (χ0n) is 8.77. The molecule has 96 valence electrons. The molecule has 6 nitrogen and oxygen atoms in total. The summed E-state index contributed by atoms with van der Waals surface area (Å²) in [5.41, 5.74) is 0. The van der Waals surface area contributed by atoms with Gasteiger partial charge in [0.1, 0.15) is 4.32 Å². The van der Waals surface area contributed by atoms with Gasteiger partial charge in [-0.05, 0) is 0 Å². The average Bonchev–Trinajstić information content (AvgIpc) is 2.18. The maximum atomic E-state index is 10.1. The highest BCUT2D eigenvalue weighted by Crippen LogP contribution is 1.81. The van der Waals surface area contributed by atoms with E-state index in [1.807, 2.05) is 0 Å². The van der Waals surface area contributed by atoms with E-state index in [0.29, 0.717) is 0 Å². The van der Waals surface area contributed by atoms with E-state index in [9.17, 15) is 8.42 Å². The first-order valence-corrected chi connectivity index (χ1v) is 7.21. The van der Waals surface area contributed by atoms with Crippen LogP contribution in [0.1, 0.15) is 0 Å². The Morgan fingerprint density at radius 2 is 1.75 bits per heavy atom. The zero-order valence-corrected chi connectivity index (χ0v) is 11.3. The van der Waals surface area contributed by atoms with E-state index >= 15 is 0 Å². The van der Waals surface area contributed by atoms with E-state index in [1.165, 1.54) is 0 Å². The standard InChI is InChI=1S/C4H10N2.C3H7NO3S3/c1-2-6-4-3-5-1;5-10(6,7)2-1-4-3(8)9/h5-6H,1-4H2;1-2H2,(H2,4,8,9)(H,5,6,7). The van der Waals surface area contributed by atoms with E-state index in [-0.39, 0.29) is 16.6 Å². The van der Waals surface area contributed by atoms with Gasteiger partial charge in [-0.3, -0.25) is 4.55 Å². The SMILES string of the molecule is C1CNCCN1.O=S(=O)(O)CCNC(=S)S. The van der Waals surface area contributed by atoms with Gasteiger partial charge in [0.15, 0.2) is 0 Å². The van der Waals surface area contributed by atoms with Gasteiger partial charge in [0.05, 0.1) is 5.75 Å². The van der Waals surface area contributed by atoms with Crippen molar-refractivity contribution in [1.82, 2.24) is 16.0 Å². The van der Waals surface area contributed by atoms with Crippen molar-refractivity contribution in [2.75, 3.05) is 38.5 Å². The van der Waals surface area contributed by atoms with Crippen molar-refractivity contribution in [1.29, 1.82) is 0 Å². The van der Waals surface area contributed by atoms with Crippen LogP contribution >= 0.6 is 24.8 Å². The van der Waals surface area contributed by atoms with Crippen LogP contribution in [0.4, 0.5) is 0 Å². The van der Waals surface area contributed by atoms with Gasteiger partial charge in [0, 0.05) is 32.7 Å². The van der Waals surface area contributed by atoms with Crippen molar-refractivity contribution in [2.45, 2.75) is 0 Å². The average molecular weight is 287 g/mol. The summed E-state index contributed by atoms with van der Waals surface area (Å²) in [5.74, 6) is -0.353. The molecule has 0 radical (unpaired) electrons. The second-order valence-electron chi connectivity index (χ2n) is 3.02. The molecule has 0 spiro atoms. The lowest BCUT2D eigenvalue weighted by molar-refractivity contribution is 0.482. The predicted octanol–water partition coefficient (Wildman–Crippen LogP) is -1.14. The Kier molecular flexibility index (Phi) is 9.18. The summed E-state index contributed by atoms with van der Waals surface area (Å²) < 4.78 is 28.5. The number of hydrogen-bond donors (Lipinski definition) is 5. The van der Waals surface area contributed by atoms with Gasteiger partial charge in [0.2, 0.25) is 0 Å². The van der Waals surface area contributed by atoms with Crippen LogP contribution in [0, 0.1) is 0 Å². The minimum atomic E-state index is -3.88. The van der Waals surface area contributed by atoms with Gasteiger partial charge in [-0.15, -0.1) is 12.6 Å². The minimum absolute atomic E-state index is 0.0845. The Bertz CT molecular complexity index is 279. The number of thiol groups is 1. The molecule has 1 saturated heterocycles. The van der Waals surface area contributed by atoms with E-state index < -0.39 is 10.1 Å². The van der Waals surface area contributed by atoms with Crippen molar-refractivity contribution in [3.05, 3.63) is 0 Å². The van der Waals surface area contributed by atoms with E-state index in [0.717, 1.165) is 26.2 Å². The fourth-order valence-electron chi connectivity index (χ4n) is 0.890. The summed E-state index contributed by atoms with van der Waals surface area (Å²) in [5, 5.41) is 8.90. The van der Waals surface area contributed by atoms with Crippen LogP contribution in [0.2, 0.25) is 0 Å². The van der Waals surface area contributed by atoms with Crippen molar-refractivity contribution in [3.8, 4) is 0 Å². The minimum Gasteiger partial charge on any atom is -0.370 e. The van der Waals surface area contributed by atoms with Gasteiger partial charge < -0.3 is 16.0 Å². The summed E-state index contributed by atoms with van der Waals surface area (Å²) in [6.45, 7) is 4.64. The topological polar surface area (TPSA) is 90.5 Å². The maximum Gasteiger partial charge on any atom is 0.266 e. The number of hydrogen-bond acceptors (Lipinski definition) is 5. The zero-order chi connectivity index (χ0) is 12.4. The van der Waals surface area contributed by atoms with Gasteiger partial charge in [-0.1, -0.05) is 12.2 Å². The predicted molar refractivity (Wildman–Crippen MR) is 71.7 cm³/mol. The molecule has 4 N–H and O–H groups in total. The smallest absolute Gasteiger partial charge is 0.266 e. The third kappa shape index (κ3) is 14.1. The van der Waals surface area contributed by atoms with E-state index in [2.05, 4.69) is 40.8 Å². The van der Waals surface area contributed by atoms with Crippen molar-refractivity contribution < 1.29 is 13.0 Å². The third-order valence-corrected chi connectivity index (χ3v) is 2.62. The molecule has 0 aromatic carbocycles. The van der Waals surface area contributed by atoms with Crippen LogP contribution in [0.5, 0.6) is 0 Å². The van der Waals surface area contributed by atoms with Crippen molar-refractivity contribution in [2.24, 2.45) is 0 Å². The van der Waals surface area contributed by atoms with Gasteiger partial charge in [0.25, 0.3) is 10.1 Å². The Morgan fingerprint density at radius 1 is 1.31 bits per heavy atom. The molecule has 1 heterocycles. The first-order valence-electron chi connectivity index (χ1n) is 4.75. The van der Waals surface area contributed by atoms with Gasteiger partial charge >= 0.3 is 0 Å². The Hall–Kier alpha value is 0.0700.